The minimum atomic E-state index is 0.737. The van der Waals surface area contributed by atoms with Gasteiger partial charge in [0.15, 0.2) is 0 Å². The first kappa shape index (κ1) is 12.2. The number of fused-ring (bicyclic) bond motifs is 1. The monoisotopic (exact) mass is 256 g/mol. The summed E-state index contributed by atoms with van der Waals surface area (Å²) in [6.07, 6.45) is 4.50. The summed E-state index contributed by atoms with van der Waals surface area (Å²) in [5.74, 6) is 0. The molecule has 1 aliphatic rings. The first-order valence-electron chi connectivity index (χ1n) is 6.94. The fraction of sp³-hybridized carbons (Fsp3) is 0.400. The van der Waals surface area contributed by atoms with Crippen molar-refractivity contribution in [3.05, 3.63) is 30.5 Å². The van der Waals surface area contributed by atoms with Crippen LogP contribution in [0.2, 0.25) is 0 Å². The molecule has 2 aromatic rings. The number of likely N-dealkylation sites (tertiary alicyclic amines) is 1. The van der Waals surface area contributed by atoms with E-state index < -0.39 is 0 Å². The van der Waals surface area contributed by atoms with Crippen molar-refractivity contribution in [3.63, 3.8) is 0 Å². The summed E-state index contributed by atoms with van der Waals surface area (Å²) >= 11 is 0. The van der Waals surface area contributed by atoms with Crippen molar-refractivity contribution >= 4 is 22.3 Å². The third-order valence-electron chi connectivity index (χ3n) is 3.74. The lowest BCUT2D eigenvalue weighted by Crippen LogP contribution is -2.26. The Morgan fingerprint density at radius 1 is 1.21 bits per heavy atom. The summed E-state index contributed by atoms with van der Waals surface area (Å²) < 4.78 is 0. The van der Waals surface area contributed by atoms with E-state index in [0.29, 0.717) is 0 Å². The molecule has 0 bridgehead atoms. The van der Waals surface area contributed by atoms with Crippen molar-refractivity contribution in [2.24, 2.45) is 0 Å². The number of nitrogens with zero attached hydrogens (tertiary/aromatic N) is 2. The molecule has 2 heterocycles. The quantitative estimate of drug-likeness (QED) is 0.824. The Labute approximate surface area is 113 Å². The second-order valence-electron chi connectivity index (χ2n) is 5.08. The molecule has 0 amide bonds. The van der Waals surface area contributed by atoms with Gasteiger partial charge in [0.1, 0.15) is 0 Å². The standard InChI is InChI=1S/C15H20N4/c16-13-5-3-4-12-14(6-7-18-15(12)13)17-8-11-19-9-1-2-10-19/h3-7H,1-2,8-11,16H2,(H,17,18). The zero-order valence-electron chi connectivity index (χ0n) is 11.1. The third-order valence-corrected chi connectivity index (χ3v) is 3.74. The number of rotatable bonds is 4. The van der Waals surface area contributed by atoms with Gasteiger partial charge in [0.05, 0.1) is 11.2 Å². The maximum atomic E-state index is 5.95. The van der Waals surface area contributed by atoms with Gasteiger partial charge in [-0.3, -0.25) is 4.98 Å². The zero-order chi connectivity index (χ0) is 13.1. The van der Waals surface area contributed by atoms with Crippen molar-refractivity contribution in [1.29, 1.82) is 0 Å². The molecule has 100 valence electrons. The molecule has 0 atom stereocenters. The fourth-order valence-electron chi connectivity index (χ4n) is 2.71. The average Bonchev–Trinajstić information content (AvgIpc) is 2.93. The van der Waals surface area contributed by atoms with Crippen molar-refractivity contribution in [2.75, 3.05) is 37.2 Å². The van der Waals surface area contributed by atoms with Crippen molar-refractivity contribution in [2.45, 2.75) is 12.8 Å². The Morgan fingerprint density at radius 3 is 2.89 bits per heavy atom. The Balaban J connectivity index is 1.72. The molecule has 1 aromatic heterocycles. The summed E-state index contributed by atoms with van der Waals surface area (Å²) in [6.45, 7) is 4.55. The highest BCUT2D eigenvalue weighted by atomic mass is 15.1. The lowest BCUT2D eigenvalue weighted by molar-refractivity contribution is 0.353. The second-order valence-corrected chi connectivity index (χ2v) is 5.08. The third kappa shape index (κ3) is 2.63. The number of pyridine rings is 1. The molecular formula is C15H20N4. The highest BCUT2D eigenvalue weighted by Crippen LogP contribution is 2.25. The SMILES string of the molecule is Nc1cccc2c(NCCN3CCCC3)ccnc12. The minimum absolute atomic E-state index is 0.737. The molecule has 1 fully saturated rings. The van der Waals surface area contributed by atoms with Gasteiger partial charge in [-0.1, -0.05) is 12.1 Å². The van der Waals surface area contributed by atoms with Crippen molar-refractivity contribution < 1.29 is 0 Å². The van der Waals surface area contributed by atoms with Gasteiger partial charge in [0, 0.05) is 30.4 Å². The van der Waals surface area contributed by atoms with Gasteiger partial charge in [0.25, 0.3) is 0 Å². The highest BCUT2D eigenvalue weighted by Gasteiger charge is 2.10. The molecule has 3 rings (SSSR count). The summed E-state index contributed by atoms with van der Waals surface area (Å²) in [7, 11) is 0. The smallest absolute Gasteiger partial charge is 0.0951 e. The van der Waals surface area contributed by atoms with Crippen LogP contribution in [0.1, 0.15) is 12.8 Å². The summed E-state index contributed by atoms with van der Waals surface area (Å²) in [5, 5.41) is 4.61. The van der Waals surface area contributed by atoms with Crippen LogP contribution in [0.3, 0.4) is 0 Å². The molecule has 0 aliphatic carbocycles. The number of anilines is 2. The van der Waals surface area contributed by atoms with Crippen LogP contribution in [0.15, 0.2) is 30.5 Å². The molecule has 4 heteroatoms. The molecule has 0 unspecified atom stereocenters. The molecule has 1 aromatic carbocycles. The Bertz CT molecular complexity index is 561. The number of hydrogen-bond acceptors (Lipinski definition) is 4. The fourth-order valence-corrected chi connectivity index (χ4v) is 2.71. The van der Waals surface area contributed by atoms with E-state index in [4.69, 9.17) is 5.73 Å². The van der Waals surface area contributed by atoms with Crippen LogP contribution in [0.4, 0.5) is 11.4 Å². The van der Waals surface area contributed by atoms with Gasteiger partial charge in [0.2, 0.25) is 0 Å². The summed E-state index contributed by atoms with van der Waals surface area (Å²) in [4.78, 5) is 6.86. The van der Waals surface area contributed by atoms with Crippen LogP contribution < -0.4 is 11.1 Å². The van der Waals surface area contributed by atoms with Crippen molar-refractivity contribution in [3.8, 4) is 0 Å². The van der Waals surface area contributed by atoms with E-state index in [1.807, 2.05) is 24.4 Å². The number of aromatic nitrogens is 1. The number of nitrogens with one attached hydrogen (secondary N) is 1. The maximum absolute atomic E-state index is 5.95. The van der Waals surface area contributed by atoms with Gasteiger partial charge >= 0.3 is 0 Å². The number of para-hydroxylation sites is 1. The Hall–Kier alpha value is -1.81. The number of nitrogens with two attached hydrogens (primary N) is 1. The lowest BCUT2D eigenvalue weighted by atomic mass is 10.1. The predicted molar refractivity (Wildman–Crippen MR) is 80.3 cm³/mol. The molecular weight excluding hydrogens is 236 g/mol. The first-order chi connectivity index (χ1) is 9.34. The topological polar surface area (TPSA) is 54.2 Å². The second kappa shape index (κ2) is 5.45. The molecule has 0 radical (unpaired) electrons. The average molecular weight is 256 g/mol. The van der Waals surface area contributed by atoms with E-state index >= 15 is 0 Å². The summed E-state index contributed by atoms with van der Waals surface area (Å²) in [6, 6.07) is 7.96. The summed E-state index contributed by atoms with van der Waals surface area (Å²) in [5.41, 5.74) is 8.70. The normalized spacial score (nSPS) is 16.0. The highest BCUT2D eigenvalue weighted by molar-refractivity contribution is 5.97. The molecule has 1 aliphatic heterocycles. The van der Waals surface area contributed by atoms with E-state index in [0.717, 1.165) is 35.4 Å². The minimum Gasteiger partial charge on any atom is -0.397 e. The van der Waals surface area contributed by atoms with Gasteiger partial charge in [-0.05, 0) is 38.1 Å². The van der Waals surface area contributed by atoms with Crippen LogP contribution in [0.5, 0.6) is 0 Å². The van der Waals surface area contributed by atoms with E-state index in [1.54, 1.807) is 0 Å². The molecule has 0 spiro atoms. The van der Waals surface area contributed by atoms with Gasteiger partial charge in [-0.2, -0.15) is 0 Å². The largest absolute Gasteiger partial charge is 0.397 e. The number of benzene rings is 1. The molecule has 0 saturated carbocycles. The Morgan fingerprint density at radius 2 is 2.05 bits per heavy atom. The van der Waals surface area contributed by atoms with Crippen LogP contribution in [0.25, 0.3) is 10.9 Å². The van der Waals surface area contributed by atoms with Gasteiger partial charge < -0.3 is 16.0 Å². The molecule has 3 N–H and O–H groups in total. The maximum Gasteiger partial charge on any atom is 0.0951 e. The zero-order valence-corrected chi connectivity index (χ0v) is 11.1. The Kier molecular flexibility index (Phi) is 3.51. The van der Waals surface area contributed by atoms with Gasteiger partial charge in [-0.25, -0.2) is 0 Å². The predicted octanol–water partition coefficient (Wildman–Crippen LogP) is 2.32. The van der Waals surface area contributed by atoms with Crippen LogP contribution >= 0.6 is 0 Å². The molecule has 4 nitrogen and oxygen atoms in total. The number of nitrogen functional groups attached to an aromatic ring is 1. The van der Waals surface area contributed by atoms with Crippen LogP contribution in [-0.4, -0.2) is 36.1 Å². The first-order valence-corrected chi connectivity index (χ1v) is 6.94. The van der Waals surface area contributed by atoms with E-state index in [1.165, 1.54) is 25.9 Å². The van der Waals surface area contributed by atoms with Crippen molar-refractivity contribution in [1.82, 2.24) is 9.88 Å². The number of hydrogen-bond donors (Lipinski definition) is 2. The van der Waals surface area contributed by atoms with Crippen LogP contribution in [-0.2, 0) is 0 Å². The van der Waals surface area contributed by atoms with Crippen LogP contribution in [0, 0.1) is 0 Å². The van der Waals surface area contributed by atoms with Gasteiger partial charge in [-0.15, -0.1) is 0 Å². The van der Waals surface area contributed by atoms with E-state index in [9.17, 15) is 0 Å². The lowest BCUT2D eigenvalue weighted by Gasteiger charge is -2.16. The molecule has 19 heavy (non-hydrogen) atoms. The van der Waals surface area contributed by atoms with E-state index in [-0.39, 0.29) is 0 Å². The van der Waals surface area contributed by atoms with E-state index in [2.05, 4.69) is 21.3 Å². The molecule has 1 saturated heterocycles.